The molecule has 1 atom stereocenters. The summed E-state index contributed by atoms with van der Waals surface area (Å²) in [6.45, 7) is 1.86. The minimum Gasteiger partial charge on any atom is -0.360 e. The molecule has 0 saturated carbocycles. The van der Waals surface area contributed by atoms with E-state index in [-0.39, 0.29) is 11.3 Å². The number of aryl methyl sites for hydroxylation is 1. The van der Waals surface area contributed by atoms with E-state index in [0.717, 1.165) is 17.7 Å². The molecular formula is C14H11F2N3O. The zero-order chi connectivity index (χ0) is 14.3. The van der Waals surface area contributed by atoms with Gasteiger partial charge in [0, 0.05) is 12.3 Å². The molecule has 6 heteroatoms. The van der Waals surface area contributed by atoms with E-state index in [1.54, 1.807) is 12.3 Å². The molecule has 2 aromatic rings. The van der Waals surface area contributed by atoms with Crippen molar-refractivity contribution in [1.82, 2.24) is 10.3 Å². The van der Waals surface area contributed by atoms with Crippen LogP contribution in [-0.2, 0) is 0 Å². The van der Waals surface area contributed by atoms with Crippen LogP contribution in [-0.4, -0.2) is 10.9 Å². The second-order valence-corrected chi connectivity index (χ2v) is 4.57. The van der Waals surface area contributed by atoms with Gasteiger partial charge in [-0.3, -0.25) is 9.78 Å². The Morgan fingerprint density at radius 2 is 1.95 bits per heavy atom. The Bertz CT molecular complexity index is 703. The number of hydrogen-bond donors (Lipinski definition) is 2. The van der Waals surface area contributed by atoms with Gasteiger partial charge >= 0.3 is 0 Å². The molecule has 1 aliphatic rings. The van der Waals surface area contributed by atoms with Crippen molar-refractivity contribution in [3.05, 3.63) is 58.9 Å². The number of hydrogen-bond acceptors (Lipinski definition) is 3. The third kappa shape index (κ3) is 1.99. The predicted molar refractivity (Wildman–Crippen MR) is 69.2 cm³/mol. The highest BCUT2D eigenvalue weighted by Gasteiger charge is 2.27. The van der Waals surface area contributed by atoms with Gasteiger partial charge in [0.25, 0.3) is 5.91 Å². The number of nitrogens with one attached hydrogen (secondary N) is 2. The highest BCUT2D eigenvalue weighted by molar-refractivity contribution is 6.01. The maximum absolute atomic E-state index is 13.3. The minimum absolute atomic E-state index is 0.0775. The van der Waals surface area contributed by atoms with Crippen LogP contribution in [0.3, 0.4) is 0 Å². The van der Waals surface area contributed by atoms with E-state index in [1.165, 1.54) is 0 Å². The van der Waals surface area contributed by atoms with E-state index in [4.69, 9.17) is 0 Å². The van der Waals surface area contributed by atoms with Crippen LogP contribution >= 0.6 is 0 Å². The van der Waals surface area contributed by atoms with Gasteiger partial charge in [-0.05, 0) is 24.6 Å². The van der Waals surface area contributed by atoms with Crippen molar-refractivity contribution in [2.24, 2.45) is 0 Å². The van der Waals surface area contributed by atoms with Gasteiger partial charge in [-0.1, -0.05) is 6.07 Å². The lowest BCUT2D eigenvalue weighted by Crippen LogP contribution is -2.39. The molecule has 2 heterocycles. The molecule has 1 aromatic heterocycles. The Hall–Kier alpha value is -2.50. The van der Waals surface area contributed by atoms with Crippen LogP contribution in [0.2, 0.25) is 0 Å². The molecule has 1 aliphatic heterocycles. The number of rotatable bonds is 1. The topological polar surface area (TPSA) is 54.0 Å². The SMILES string of the molecule is Cc1cccnc1C1NC(=O)c2cc(F)c(F)cc2N1. The Kier molecular flexibility index (Phi) is 2.85. The van der Waals surface area contributed by atoms with Gasteiger partial charge in [-0.2, -0.15) is 0 Å². The molecule has 3 rings (SSSR count). The Morgan fingerprint density at radius 3 is 2.70 bits per heavy atom. The molecule has 0 radical (unpaired) electrons. The zero-order valence-corrected chi connectivity index (χ0v) is 10.6. The summed E-state index contributed by atoms with van der Waals surface area (Å²) in [5.41, 5.74) is 1.85. The lowest BCUT2D eigenvalue weighted by Gasteiger charge is -2.28. The van der Waals surface area contributed by atoms with Crippen LogP contribution in [0.25, 0.3) is 0 Å². The number of fused-ring (bicyclic) bond motifs is 1. The monoisotopic (exact) mass is 275 g/mol. The van der Waals surface area contributed by atoms with Crippen LogP contribution in [0.1, 0.15) is 27.8 Å². The molecule has 1 unspecified atom stereocenters. The first-order chi connectivity index (χ1) is 9.56. The molecule has 0 spiro atoms. The molecule has 20 heavy (non-hydrogen) atoms. The molecule has 0 aliphatic carbocycles. The van der Waals surface area contributed by atoms with Crippen LogP contribution in [0.4, 0.5) is 14.5 Å². The number of carbonyl (C=O) groups excluding carboxylic acids is 1. The van der Waals surface area contributed by atoms with Gasteiger partial charge in [0.05, 0.1) is 16.9 Å². The van der Waals surface area contributed by atoms with Crippen molar-refractivity contribution in [3.8, 4) is 0 Å². The van der Waals surface area contributed by atoms with E-state index < -0.39 is 23.7 Å². The lowest BCUT2D eigenvalue weighted by molar-refractivity contribution is 0.0934. The summed E-state index contributed by atoms with van der Waals surface area (Å²) >= 11 is 0. The maximum Gasteiger partial charge on any atom is 0.255 e. The van der Waals surface area contributed by atoms with E-state index in [1.807, 2.05) is 13.0 Å². The predicted octanol–water partition coefficient (Wildman–Crippen LogP) is 2.52. The maximum atomic E-state index is 13.3. The molecule has 0 fully saturated rings. The van der Waals surface area contributed by atoms with Crippen molar-refractivity contribution in [2.75, 3.05) is 5.32 Å². The zero-order valence-electron chi connectivity index (χ0n) is 10.6. The Morgan fingerprint density at radius 1 is 1.20 bits per heavy atom. The third-order valence-corrected chi connectivity index (χ3v) is 3.20. The van der Waals surface area contributed by atoms with Crippen LogP contribution < -0.4 is 10.6 Å². The Balaban J connectivity index is 2.03. The first-order valence-corrected chi connectivity index (χ1v) is 6.04. The average molecular weight is 275 g/mol. The molecule has 1 amide bonds. The largest absolute Gasteiger partial charge is 0.360 e. The van der Waals surface area contributed by atoms with Gasteiger partial charge in [0.15, 0.2) is 11.6 Å². The highest BCUT2D eigenvalue weighted by Crippen LogP contribution is 2.28. The first-order valence-electron chi connectivity index (χ1n) is 6.04. The quantitative estimate of drug-likeness (QED) is 0.841. The van der Waals surface area contributed by atoms with Gasteiger partial charge in [0.1, 0.15) is 6.17 Å². The van der Waals surface area contributed by atoms with Crippen molar-refractivity contribution >= 4 is 11.6 Å². The fraction of sp³-hybridized carbons (Fsp3) is 0.143. The average Bonchev–Trinajstić information content (AvgIpc) is 2.41. The van der Waals surface area contributed by atoms with Crippen molar-refractivity contribution in [2.45, 2.75) is 13.1 Å². The fourth-order valence-corrected chi connectivity index (χ4v) is 2.19. The molecular weight excluding hydrogens is 264 g/mol. The number of halogens is 2. The summed E-state index contributed by atoms with van der Waals surface area (Å²) in [7, 11) is 0. The van der Waals surface area contributed by atoms with E-state index >= 15 is 0 Å². The van der Waals surface area contributed by atoms with Gasteiger partial charge in [0.2, 0.25) is 0 Å². The molecule has 102 valence electrons. The number of amides is 1. The van der Waals surface area contributed by atoms with E-state index in [9.17, 15) is 13.6 Å². The number of pyridine rings is 1. The molecule has 1 aromatic carbocycles. The van der Waals surface area contributed by atoms with Gasteiger partial charge < -0.3 is 10.6 Å². The summed E-state index contributed by atoms with van der Waals surface area (Å²) in [6.07, 6.45) is 1.04. The normalized spacial score (nSPS) is 17.1. The highest BCUT2D eigenvalue weighted by atomic mass is 19.2. The summed E-state index contributed by atoms with van der Waals surface area (Å²) in [4.78, 5) is 16.2. The van der Waals surface area contributed by atoms with Crippen LogP contribution in [0.5, 0.6) is 0 Å². The number of nitrogens with zero attached hydrogens (tertiary/aromatic N) is 1. The number of anilines is 1. The van der Waals surface area contributed by atoms with Crippen LogP contribution in [0.15, 0.2) is 30.5 Å². The third-order valence-electron chi connectivity index (χ3n) is 3.20. The minimum atomic E-state index is -1.05. The number of aromatic nitrogens is 1. The second kappa shape index (κ2) is 4.56. The number of carbonyl (C=O) groups is 1. The van der Waals surface area contributed by atoms with Crippen molar-refractivity contribution < 1.29 is 13.6 Å². The van der Waals surface area contributed by atoms with Crippen molar-refractivity contribution in [3.63, 3.8) is 0 Å². The summed E-state index contributed by atoms with van der Waals surface area (Å²) in [5.74, 6) is -2.51. The first kappa shape index (κ1) is 12.5. The Labute approximate surface area is 113 Å². The van der Waals surface area contributed by atoms with Gasteiger partial charge in [-0.15, -0.1) is 0 Å². The number of benzene rings is 1. The standard InChI is InChI=1S/C14H11F2N3O/c1-7-3-2-4-17-12(7)13-18-11-6-10(16)9(15)5-8(11)14(20)19-13/h2-6,13,18H,1H3,(H,19,20). The molecule has 0 bridgehead atoms. The summed E-state index contributed by atoms with van der Waals surface area (Å²) in [5, 5.41) is 5.63. The fourth-order valence-electron chi connectivity index (χ4n) is 2.19. The van der Waals surface area contributed by atoms with Gasteiger partial charge in [-0.25, -0.2) is 8.78 Å². The van der Waals surface area contributed by atoms with E-state index in [2.05, 4.69) is 15.6 Å². The smallest absolute Gasteiger partial charge is 0.255 e. The summed E-state index contributed by atoms with van der Waals surface area (Å²) < 4.78 is 26.4. The summed E-state index contributed by atoms with van der Waals surface area (Å²) in [6, 6.07) is 5.51. The van der Waals surface area contributed by atoms with E-state index in [0.29, 0.717) is 5.69 Å². The van der Waals surface area contributed by atoms with Crippen LogP contribution in [0, 0.1) is 18.6 Å². The van der Waals surface area contributed by atoms with Crippen molar-refractivity contribution in [1.29, 1.82) is 0 Å². The lowest BCUT2D eigenvalue weighted by atomic mass is 10.1. The molecule has 4 nitrogen and oxygen atoms in total. The molecule has 0 saturated heterocycles. The molecule has 2 N–H and O–H groups in total. The second-order valence-electron chi connectivity index (χ2n) is 4.57.